The molecule has 0 spiro atoms. The molecule has 0 aliphatic heterocycles. The van der Waals surface area contributed by atoms with Crippen LogP contribution in [0, 0.1) is 0 Å². The molecule has 0 saturated carbocycles. The molecule has 0 atom stereocenters. The Morgan fingerprint density at radius 1 is 1.35 bits per heavy atom. The minimum Gasteiger partial charge on any atom is -0.461 e. The molecule has 2 aromatic rings. The highest BCUT2D eigenvalue weighted by atomic mass is 32.1. The van der Waals surface area contributed by atoms with Gasteiger partial charge < -0.3 is 10.5 Å². The molecule has 0 fully saturated rings. The van der Waals surface area contributed by atoms with E-state index in [1.165, 1.54) is 4.88 Å². The minimum atomic E-state index is -0.436. The number of esters is 1. The van der Waals surface area contributed by atoms with Crippen molar-refractivity contribution in [2.24, 2.45) is 0 Å². The molecule has 2 heterocycles. The van der Waals surface area contributed by atoms with E-state index in [1.54, 1.807) is 29.5 Å². The summed E-state index contributed by atoms with van der Waals surface area (Å²) in [4.78, 5) is 16.7. The number of carbonyl (C=O) groups is 1. The molecule has 0 aromatic carbocycles. The van der Waals surface area contributed by atoms with Crippen LogP contribution < -0.4 is 5.73 Å². The van der Waals surface area contributed by atoms with Crippen molar-refractivity contribution in [2.75, 3.05) is 12.3 Å². The van der Waals surface area contributed by atoms with E-state index in [4.69, 9.17) is 10.5 Å². The number of carbonyl (C=O) groups excluding carboxylic acids is 1. The van der Waals surface area contributed by atoms with Crippen molar-refractivity contribution < 1.29 is 9.53 Å². The molecule has 2 rings (SSSR count). The molecule has 0 bridgehead atoms. The maximum atomic E-state index is 11.6. The highest BCUT2D eigenvalue weighted by Crippen LogP contribution is 2.09. The summed E-state index contributed by atoms with van der Waals surface area (Å²) in [6.07, 6.45) is 0.728. The van der Waals surface area contributed by atoms with Gasteiger partial charge in [0.2, 0.25) is 0 Å². The molecule has 2 aromatic heterocycles. The van der Waals surface area contributed by atoms with Gasteiger partial charge in [0, 0.05) is 11.3 Å². The van der Waals surface area contributed by atoms with Gasteiger partial charge in [-0.25, -0.2) is 9.78 Å². The van der Waals surface area contributed by atoms with Crippen LogP contribution in [0.2, 0.25) is 0 Å². The number of nitrogen functional groups attached to an aromatic ring is 1. The number of thiophene rings is 1. The number of aromatic nitrogens is 1. The van der Waals surface area contributed by atoms with Gasteiger partial charge in [0.1, 0.15) is 5.82 Å². The predicted molar refractivity (Wildman–Crippen MR) is 67.0 cm³/mol. The Morgan fingerprint density at radius 3 is 2.94 bits per heavy atom. The molecule has 0 aliphatic rings. The second-order valence-corrected chi connectivity index (χ2v) is 4.45. The molecular formula is C12H12N2O2S. The van der Waals surface area contributed by atoms with Crippen LogP contribution in [0.1, 0.15) is 15.4 Å². The van der Waals surface area contributed by atoms with Gasteiger partial charge in [-0.05, 0) is 23.6 Å². The van der Waals surface area contributed by atoms with Crippen LogP contribution in [0.25, 0.3) is 0 Å². The molecule has 88 valence electrons. The van der Waals surface area contributed by atoms with E-state index in [1.807, 2.05) is 17.5 Å². The lowest BCUT2D eigenvalue weighted by atomic mass is 10.3. The Balaban J connectivity index is 1.85. The fourth-order valence-electron chi connectivity index (χ4n) is 1.34. The standard InChI is InChI=1S/C12H12N2O2S/c13-11-5-1-4-10(14-11)12(15)16-7-6-9-3-2-8-17-9/h1-5,8H,6-7H2,(H2,13,14). The number of nitrogens with zero attached hydrogens (tertiary/aromatic N) is 1. The Kier molecular flexibility index (Phi) is 3.72. The quantitative estimate of drug-likeness (QED) is 0.842. The minimum absolute atomic E-state index is 0.246. The molecule has 0 saturated heterocycles. The van der Waals surface area contributed by atoms with Crippen LogP contribution in [-0.2, 0) is 11.2 Å². The predicted octanol–water partition coefficient (Wildman–Crippen LogP) is 2.12. The number of ether oxygens (including phenoxy) is 1. The molecule has 5 heteroatoms. The molecule has 0 radical (unpaired) electrons. The van der Waals surface area contributed by atoms with Crippen LogP contribution in [0.15, 0.2) is 35.7 Å². The van der Waals surface area contributed by atoms with Crippen molar-refractivity contribution >= 4 is 23.1 Å². The van der Waals surface area contributed by atoms with Gasteiger partial charge in [-0.3, -0.25) is 0 Å². The highest BCUT2D eigenvalue weighted by Gasteiger charge is 2.08. The second kappa shape index (κ2) is 5.45. The Bertz CT molecular complexity index is 497. The monoisotopic (exact) mass is 248 g/mol. The summed E-state index contributed by atoms with van der Waals surface area (Å²) in [5.41, 5.74) is 5.73. The summed E-state index contributed by atoms with van der Waals surface area (Å²) in [5, 5.41) is 2.00. The van der Waals surface area contributed by atoms with Gasteiger partial charge in [-0.1, -0.05) is 12.1 Å². The topological polar surface area (TPSA) is 65.2 Å². The van der Waals surface area contributed by atoms with Crippen molar-refractivity contribution in [2.45, 2.75) is 6.42 Å². The van der Waals surface area contributed by atoms with Crippen LogP contribution in [0.4, 0.5) is 5.82 Å². The molecule has 17 heavy (non-hydrogen) atoms. The Morgan fingerprint density at radius 2 is 2.24 bits per heavy atom. The summed E-state index contributed by atoms with van der Waals surface area (Å²) >= 11 is 1.65. The van der Waals surface area contributed by atoms with Crippen LogP contribution in [0.3, 0.4) is 0 Å². The third-order valence-electron chi connectivity index (χ3n) is 2.14. The summed E-state index contributed by atoms with van der Waals surface area (Å²) in [6, 6.07) is 8.88. The zero-order chi connectivity index (χ0) is 12.1. The Hall–Kier alpha value is -1.88. The number of pyridine rings is 1. The van der Waals surface area contributed by atoms with Crippen molar-refractivity contribution in [1.82, 2.24) is 4.98 Å². The van der Waals surface area contributed by atoms with E-state index in [-0.39, 0.29) is 5.69 Å². The summed E-state index contributed by atoms with van der Waals surface area (Å²) in [5.74, 6) is -0.119. The molecule has 0 unspecified atom stereocenters. The molecule has 0 amide bonds. The average molecular weight is 248 g/mol. The summed E-state index contributed by atoms with van der Waals surface area (Å²) < 4.78 is 5.11. The normalized spacial score (nSPS) is 10.1. The van der Waals surface area contributed by atoms with E-state index in [2.05, 4.69) is 4.98 Å². The first-order chi connectivity index (χ1) is 8.25. The fraction of sp³-hybridized carbons (Fsp3) is 0.167. The van der Waals surface area contributed by atoms with E-state index < -0.39 is 5.97 Å². The lowest BCUT2D eigenvalue weighted by Crippen LogP contribution is -2.10. The molecule has 4 nitrogen and oxygen atoms in total. The van der Waals surface area contributed by atoms with Crippen molar-refractivity contribution in [3.8, 4) is 0 Å². The third-order valence-corrected chi connectivity index (χ3v) is 3.08. The average Bonchev–Trinajstić information content (AvgIpc) is 2.82. The summed E-state index contributed by atoms with van der Waals surface area (Å²) in [7, 11) is 0. The van der Waals surface area contributed by atoms with E-state index in [0.29, 0.717) is 12.4 Å². The van der Waals surface area contributed by atoms with Gasteiger partial charge in [0.15, 0.2) is 5.69 Å². The first-order valence-electron chi connectivity index (χ1n) is 5.18. The van der Waals surface area contributed by atoms with Crippen LogP contribution in [0.5, 0.6) is 0 Å². The van der Waals surface area contributed by atoms with Gasteiger partial charge >= 0.3 is 5.97 Å². The van der Waals surface area contributed by atoms with Crippen LogP contribution >= 0.6 is 11.3 Å². The lowest BCUT2D eigenvalue weighted by Gasteiger charge is -2.03. The number of anilines is 1. The van der Waals surface area contributed by atoms with E-state index in [0.717, 1.165) is 6.42 Å². The number of hydrogen-bond acceptors (Lipinski definition) is 5. The smallest absolute Gasteiger partial charge is 0.357 e. The summed E-state index contributed by atoms with van der Waals surface area (Å²) in [6.45, 7) is 0.357. The van der Waals surface area contributed by atoms with Gasteiger partial charge in [0.05, 0.1) is 6.61 Å². The maximum absolute atomic E-state index is 11.6. The number of hydrogen-bond donors (Lipinski definition) is 1. The zero-order valence-electron chi connectivity index (χ0n) is 9.13. The number of nitrogens with two attached hydrogens (primary N) is 1. The molecule has 0 aliphatic carbocycles. The first-order valence-corrected chi connectivity index (χ1v) is 6.06. The van der Waals surface area contributed by atoms with E-state index >= 15 is 0 Å². The SMILES string of the molecule is Nc1cccc(C(=O)OCCc2cccs2)n1. The van der Waals surface area contributed by atoms with Crippen LogP contribution in [-0.4, -0.2) is 17.6 Å². The van der Waals surface area contributed by atoms with Crippen molar-refractivity contribution in [3.63, 3.8) is 0 Å². The Labute approximate surface area is 103 Å². The van der Waals surface area contributed by atoms with Gasteiger partial charge in [-0.15, -0.1) is 11.3 Å². The number of rotatable bonds is 4. The maximum Gasteiger partial charge on any atom is 0.357 e. The highest BCUT2D eigenvalue weighted by molar-refractivity contribution is 7.09. The largest absolute Gasteiger partial charge is 0.461 e. The zero-order valence-corrected chi connectivity index (χ0v) is 9.94. The van der Waals surface area contributed by atoms with E-state index in [9.17, 15) is 4.79 Å². The van der Waals surface area contributed by atoms with Gasteiger partial charge in [-0.2, -0.15) is 0 Å². The first kappa shape index (κ1) is 11.6. The third kappa shape index (κ3) is 3.29. The van der Waals surface area contributed by atoms with Crippen molar-refractivity contribution in [1.29, 1.82) is 0 Å². The van der Waals surface area contributed by atoms with Gasteiger partial charge in [0.25, 0.3) is 0 Å². The molecule has 2 N–H and O–H groups in total. The fourth-order valence-corrected chi connectivity index (χ4v) is 2.03. The lowest BCUT2D eigenvalue weighted by molar-refractivity contribution is 0.0503. The second-order valence-electron chi connectivity index (χ2n) is 3.41. The van der Waals surface area contributed by atoms with Crippen molar-refractivity contribution in [3.05, 3.63) is 46.3 Å². The molecular weight excluding hydrogens is 236 g/mol.